The first-order valence-corrected chi connectivity index (χ1v) is 5.06. The van der Waals surface area contributed by atoms with Crippen LogP contribution in [0.3, 0.4) is 0 Å². The lowest BCUT2D eigenvalue weighted by atomic mass is 10.2. The average Bonchev–Trinajstić information content (AvgIpc) is 2.26. The van der Waals surface area contributed by atoms with Gasteiger partial charge in [0.05, 0.1) is 6.04 Å². The Balaban J connectivity index is 2.65. The summed E-state index contributed by atoms with van der Waals surface area (Å²) in [6.45, 7) is 1.38. The second-order valence-electron chi connectivity index (χ2n) is 3.56. The van der Waals surface area contributed by atoms with Crippen LogP contribution in [0.25, 0.3) is 0 Å². The van der Waals surface area contributed by atoms with Crippen LogP contribution in [0.5, 0.6) is 5.75 Å². The van der Waals surface area contributed by atoms with Crippen molar-refractivity contribution in [3.05, 3.63) is 24.3 Å². The van der Waals surface area contributed by atoms with E-state index in [-0.39, 0.29) is 12.5 Å². The molecule has 0 saturated carbocycles. The zero-order valence-corrected chi connectivity index (χ0v) is 9.47. The van der Waals surface area contributed by atoms with Crippen LogP contribution in [0.15, 0.2) is 24.3 Å². The maximum absolute atomic E-state index is 11.3. The number of anilines is 1. The summed E-state index contributed by atoms with van der Waals surface area (Å²) in [4.78, 5) is 21.9. The second-order valence-corrected chi connectivity index (χ2v) is 3.56. The zero-order valence-electron chi connectivity index (χ0n) is 9.47. The van der Waals surface area contributed by atoms with Crippen molar-refractivity contribution in [1.29, 1.82) is 0 Å². The third-order valence-corrected chi connectivity index (χ3v) is 1.90. The van der Waals surface area contributed by atoms with Gasteiger partial charge in [-0.05, 0) is 19.1 Å². The normalized spacial score (nSPS) is 11.6. The number of hydrogen-bond donors (Lipinski definition) is 3. The summed E-state index contributed by atoms with van der Waals surface area (Å²) in [5.41, 5.74) is 10.9. The highest BCUT2D eigenvalue weighted by Gasteiger charge is 2.07. The Kier molecular flexibility index (Phi) is 4.47. The molecule has 0 unspecified atom stereocenters. The molecule has 1 aromatic rings. The molecule has 0 fully saturated rings. The predicted octanol–water partition coefficient (Wildman–Crippen LogP) is -0.164. The van der Waals surface area contributed by atoms with Gasteiger partial charge in [-0.25, -0.2) is 0 Å². The summed E-state index contributed by atoms with van der Waals surface area (Å²) in [6, 6.07) is 6.03. The first-order chi connectivity index (χ1) is 7.99. The molecule has 0 spiro atoms. The number of nitrogens with one attached hydrogen (secondary N) is 1. The lowest BCUT2D eigenvalue weighted by Gasteiger charge is -2.09. The van der Waals surface area contributed by atoms with Gasteiger partial charge >= 0.3 is 0 Å². The maximum atomic E-state index is 11.3. The molecule has 1 aromatic carbocycles. The predicted molar refractivity (Wildman–Crippen MR) is 63.4 cm³/mol. The van der Waals surface area contributed by atoms with Crippen molar-refractivity contribution >= 4 is 17.5 Å². The van der Waals surface area contributed by atoms with E-state index in [0.29, 0.717) is 11.4 Å². The van der Waals surface area contributed by atoms with Gasteiger partial charge in [0.1, 0.15) is 5.75 Å². The van der Waals surface area contributed by atoms with Crippen molar-refractivity contribution in [2.45, 2.75) is 13.0 Å². The van der Waals surface area contributed by atoms with Gasteiger partial charge in [0.15, 0.2) is 6.61 Å². The summed E-state index contributed by atoms with van der Waals surface area (Å²) in [5.74, 6) is -0.404. The molecule has 2 amide bonds. The van der Waals surface area contributed by atoms with E-state index in [4.69, 9.17) is 16.2 Å². The number of rotatable bonds is 5. The summed E-state index contributed by atoms with van der Waals surface area (Å²) in [7, 11) is 0. The topological polar surface area (TPSA) is 107 Å². The Morgan fingerprint density at radius 3 is 2.76 bits per heavy atom. The average molecular weight is 237 g/mol. The van der Waals surface area contributed by atoms with Crippen LogP contribution in [0.1, 0.15) is 6.92 Å². The quantitative estimate of drug-likeness (QED) is 0.661. The summed E-state index contributed by atoms with van der Waals surface area (Å²) >= 11 is 0. The fourth-order valence-electron chi connectivity index (χ4n) is 1.07. The van der Waals surface area contributed by atoms with Crippen LogP contribution in [0, 0.1) is 0 Å². The van der Waals surface area contributed by atoms with E-state index in [9.17, 15) is 9.59 Å². The summed E-state index contributed by atoms with van der Waals surface area (Å²) < 4.78 is 5.09. The lowest BCUT2D eigenvalue weighted by molar-refractivity contribution is -0.120. The van der Waals surface area contributed by atoms with Crippen LogP contribution < -0.4 is 21.5 Å². The van der Waals surface area contributed by atoms with Crippen molar-refractivity contribution < 1.29 is 14.3 Å². The fraction of sp³-hybridized carbons (Fsp3) is 0.273. The number of carbonyl (C=O) groups is 2. The number of nitrogens with two attached hydrogens (primary N) is 2. The number of benzene rings is 1. The first kappa shape index (κ1) is 13.0. The lowest BCUT2D eigenvalue weighted by Crippen LogP contribution is -2.32. The van der Waals surface area contributed by atoms with E-state index in [1.54, 1.807) is 31.2 Å². The summed E-state index contributed by atoms with van der Waals surface area (Å²) in [5, 5.41) is 2.61. The van der Waals surface area contributed by atoms with Crippen molar-refractivity contribution in [1.82, 2.24) is 0 Å². The van der Waals surface area contributed by atoms with Crippen LogP contribution >= 0.6 is 0 Å². The molecule has 0 heterocycles. The smallest absolute Gasteiger partial charge is 0.255 e. The summed E-state index contributed by atoms with van der Waals surface area (Å²) in [6.07, 6.45) is 0. The second kappa shape index (κ2) is 5.86. The molecule has 0 aliphatic heterocycles. The third kappa shape index (κ3) is 4.52. The first-order valence-electron chi connectivity index (χ1n) is 5.06. The molecule has 0 aliphatic carbocycles. The molecular weight excluding hydrogens is 222 g/mol. The van der Waals surface area contributed by atoms with Crippen molar-refractivity contribution in [3.8, 4) is 5.75 Å². The molecule has 0 radical (unpaired) electrons. The van der Waals surface area contributed by atoms with E-state index < -0.39 is 11.9 Å². The molecule has 1 atom stereocenters. The molecule has 0 aliphatic rings. The third-order valence-electron chi connectivity index (χ3n) is 1.90. The van der Waals surface area contributed by atoms with E-state index in [2.05, 4.69) is 5.32 Å². The number of primary amides is 1. The zero-order chi connectivity index (χ0) is 12.8. The molecule has 92 valence electrons. The Morgan fingerprint density at radius 2 is 2.18 bits per heavy atom. The SMILES string of the molecule is C[C@H](N)C(=O)Nc1cccc(OCC(N)=O)c1. The van der Waals surface area contributed by atoms with Crippen molar-refractivity contribution in [2.75, 3.05) is 11.9 Å². The van der Waals surface area contributed by atoms with Crippen LogP contribution in [-0.4, -0.2) is 24.5 Å². The minimum Gasteiger partial charge on any atom is -0.484 e. The highest BCUT2D eigenvalue weighted by molar-refractivity contribution is 5.94. The van der Waals surface area contributed by atoms with E-state index in [0.717, 1.165) is 0 Å². The highest BCUT2D eigenvalue weighted by atomic mass is 16.5. The fourth-order valence-corrected chi connectivity index (χ4v) is 1.07. The Labute approximate surface area is 98.9 Å². The van der Waals surface area contributed by atoms with Gasteiger partial charge in [0, 0.05) is 11.8 Å². The number of carbonyl (C=O) groups excluding carboxylic acids is 2. The van der Waals surface area contributed by atoms with Crippen LogP contribution in [-0.2, 0) is 9.59 Å². The molecule has 6 heteroatoms. The van der Waals surface area contributed by atoms with Gasteiger partial charge in [-0.2, -0.15) is 0 Å². The minimum atomic E-state index is -0.592. The monoisotopic (exact) mass is 237 g/mol. The molecular formula is C11H15N3O3. The molecule has 0 saturated heterocycles. The molecule has 5 N–H and O–H groups in total. The molecule has 6 nitrogen and oxygen atoms in total. The van der Waals surface area contributed by atoms with Gasteiger partial charge in [-0.3, -0.25) is 9.59 Å². The maximum Gasteiger partial charge on any atom is 0.255 e. The van der Waals surface area contributed by atoms with Crippen LogP contribution in [0.4, 0.5) is 5.69 Å². The van der Waals surface area contributed by atoms with E-state index in [1.165, 1.54) is 0 Å². The Bertz CT molecular complexity index is 418. The highest BCUT2D eigenvalue weighted by Crippen LogP contribution is 2.17. The number of ether oxygens (including phenoxy) is 1. The van der Waals surface area contributed by atoms with Crippen molar-refractivity contribution in [2.24, 2.45) is 11.5 Å². The minimum absolute atomic E-state index is 0.204. The molecule has 17 heavy (non-hydrogen) atoms. The van der Waals surface area contributed by atoms with Crippen LogP contribution in [0.2, 0.25) is 0 Å². The number of amides is 2. The molecule has 0 bridgehead atoms. The molecule has 0 aromatic heterocycles. The van der Waals surface area contributed by atoms with Gasteiger partial charge in [-0.1, -0.05) is 6.07 Å². The van der Waals surface area contributed by atoms with Gasteiger partial charge < -0.3 is 21.5 Å². The van der Waals surface area contributed by atoms with Gasteiger partial charge in [-0.15, -0.1) is 0 Å². The number of hydrogen-bond acceptors (Lipinski definition) is 4. The largest absolute Gasteiger partial charge is 0.484 e. The van der Waals surface area contributed by atoms with E-state index in [1.807, 2.05) is 0 Å². The Morgan fingerprint density at radius 1 is 1.47 bits per heavy atom. The molecule has 1 rings (SSSR count). The van der Waals surface area contributed by atoms with Gasteiger partial charge in [0.2, 0.25) is 5.91 Å². The standard InChI is InChI=1S/C11H15N3O3/c1-7(12)11(16)14-8-3-2-4-9(5-8)17-6-10(13)15/h2-5,7H,6,12H2,1H3,(H2,13,15)(H,14,16)/t7-/m0/s1. The van der Waals surface area contributed by atoms with E-state index >= 15 is 0 Å². The van der Waals surface area contributed by atoms with Gasteiger partial charge in [0.25, 0.3) is 5.91 Å². The van der Waals surface area contributed by atoms with Crippen molar-refractivity contribution in [3.63, 3.8) is 0 Å². The Hall–Kier alpha value is -2.08.